The number of likely N-dealkylation sites (tertiary alicyclic amines) is 1. The first-order valence-corrected chi connectivity index (χ1v) is 7.85. The minimum atomic E-state index is 0.594. The molecule has 1 N–H and O–H groups in total. The fourth-order valence-electron chi connectivity index (χ4n) is 2.89. The molecule has 0 spiro atoms. The number of hydrogen-bond acceptors (Lipinski definition) is 2. The van der Waals surface area contributed by atoms with E-state index in [0.29, 0.717) is 17.5 Å². The van der Waals surface area contributed by atoms with Crippen LogP contribution in [0.2, 0.25) is 0 Å². The summed E-state index contributed by atoms with van der Waals surface area (Å²) in [5, 5.41) is 3.62. The Kier molecular flexibility index (Phi) is 6.13. The number of piperidine rings is 1. The lowest BCUT2D eigenvalue weighted by Crippen LogP contribution is -2.51. The lowest BCUT2D eigenvalue weighted by atomic mass is 9.77. The van der Waals surface area contributed by atoms with E-state index < -0.39 is 0 Å². The number of rotatable bonds is 6. The van der Waals surface area contributed by atoms with Crippen molar-refractivity contribution in [3.63, 3.8) is 0 Å². The van der Waals surface area contributed by atoms with Crippen LogP contribution in [0, 0.1) is 11.3 Å². The van der Waals surface area contributed by atoms with Crippen LogP contribution in [-0.2, 0) is 0 Å². The van der Waals surface area contributed by atoms with Crippen LogP contribution in [0.5, 0.6) is 0 Å². The standard InChI is InChI=1S/C16H34N2/c1-7-16(6)8-10-18(11-9-16)15(13(2)3)12-17-14(4)5/h13-15,17H,7-12H2,1-6H3. The van der Waals surface area contributed by atoms with Gasteiger partial charge >= 0.3 is 0 Å². The molecule has 0 radical (unpaired) electrons. The van der Waals surface area contributed by atoms with E-state index in [1.54, 1.807) is 0 Å². The maximum atomic E-state index is 3.62. The van der Waals surface area contributed by atoms with Crippen LogP contribution in [0.15, 0.2) is 0 Å². The van der Waals surface area contributed by atoms with Crippen molar-refractivity contribution in [2.75, 3.05) is 19.6 Å². The number of nitrogens with one attached hydrogen (secondary N) is 1. The molecular weight excluding hydrogens is 220 g/mol. The smallest absolute Gasteiger partial charge is 0.0243 e. The van der Waals surface area contributed by atoms with E-state index in [1.165, 1.54) is 32.4 Å². The third kappa shape index (κ3) is 4.55. The van der Waals surface area contributed by atoms with E-state index >= 15 is 0 Å². The fraction of sp³-hybridized carbons (Fsp3) is 1.00. The molecule has 0 aliphatic carbocycles. The average Bonchev–Trinajstić information content (AvgIpc) is 2.31. The van der Waals surface area contributed by atoms with E-state index in [4.69, 9.17) is 0 Å². The van der Waals surface area contributed by atoms with E-state index in [2.05, 4.69) is 51.8 Å². The van der Waals surface area contributed by atoms with Crippen LogP contribution < -0.4 is 5.32 Å². The Hall–Kier alpha value is -0.0800. The first kappa shape index (κ1) is 16.0. The van der Waals surface area contributed by atoms with Crippen molar-refractivity contribution < 1.29 is 0 Å². The Morgan fingerprint density at radius 1 is 1.11 bits per heavy atom. The Labute approximate surface area is 115 Å². The molecule has 1 rings (SSSR count). The molecule has 0 bridgehead atoms. The summed E-state index contributed by atoms with van der Waals surface area (Å²) in [4.78, 5) is 2.72. The molecule has 1 atom stereocenters. The van der Waals surface area contributed by atoms with E-state index in [1.807, 2.05) is 0 Å². The zero-order chi connectivity index (χ0) is 13.8. The number of hydrogen-bond donors (Lipinski definition) is 1. The molecule has 18 heavy (non-hydrogen) atoms. The Bertz CT molecular complexity index is 227. The second kappa shape index (κ2) is 6.91. The topological polar surface area (TPSA) is 15.3 Å². The molecule has 1 unspecified atom stereocenters. The van der Waals surface area contributed by atoms with Gasteiger partial charge in [-0.05, 0) is 37.3 Å². The van der Waals surface area contributed by atoms with Gasteiger partial charge in [-0.15, -0.1) is 0 Å². The maximum absolute atomic E-state index is 3.62. The van der Waals surface area contributed by atoms with Crippen molar-refractivity contribution in [3.05, 3.63) is 0 Å². The highest BCUT2D eigenvalue weighted by atomic mass is 15.2. The Morgan fingerprint density at radius 2 is 1.67 bits per heavy atom. The lowest BCUT2D eigenvalue weighted by molar-refractivity contribution is 0.0616. The van der Waals surface area contributed by atoms with E-state index in [0.717, 1.165) is 12.5 Å². The minimum absolute atomic E-state index is 0.594. The van der Waals surface area contributed by atoms with Crippen LogP contribution in [0.3, 0.4) is 0 Å². The third-order valence-corrected chi connectivity index (χ3v) is 4.83. The van der Waals surface area contributed by atoms with Crippen LogP contribution >= 0.6 is 0 Å². The number of nitrogens with zero attached hydrogens (tertiary/aromatic N) is 1. The maximum Gasteiger partial charge on any atom is 0.0243 e. The van der Waals surface area contributed by atoms with Gasteiger partial charge in [0.15, 0.2) is 0 Å². The molecule has 0 aromatic rings. The van der Waals surface area contributed by atoms with Crippen molar-refractivity contribution in [1.82, 2.24) is 10.2 Å². The van der Waals surface area contributed by atoms with Crippen molar-refractivity contribution in [2.24, 2.45) is 11.3 Å². The normalized spacial score (nSPS) is 22.7. The molecule has 0 aromatic carbocycles. The highest BCUT2D eigenvalue weighted by Gasteiger charge is 2.32. The van der Waals surface area contributed by atoms with Crippen molar-refractivity contribution in [3.8, 4) is 0 Å². The predicted octanol–water partition coefficient (Wildman–Crippen LogP) is 3.52. The van der Waals surface area contributed by atoms with Gasteiger partial charge in [-0.1, -0.05) is 48.0 Å². The van der Waals surface area contributed by atoms with E-state index in [9.17, 15) is 0 Å². The van der Waals surface area contributed by atoms with Gasteiger partial charge in [0, 0.05) is 18.6 Å². The summed E-state index contributed by atoms with van der Waals surface area (Å²) >= 11 is 0. The zero-order valence-corrected chi connectivity index (χ0v) is 13.4. The largest absolute Gasteiger partial charge is 0.313 e. The molecule has 1 fully saturated rings. The Balaban J connectivity index is 2.50. The van der Waals surface area contributed by atoms with Gasteiger partial charge in [-0.3, -0.25) is 4.90 Å². The quantitative estimate of drug-likeness (QED) is 0.780. The highest BCUT2D eigenvalue weighted by Crippen LogP contribution is 2.35. The molecule has 0 saturated carbocycles. The molecule has 0 aromatic heterocycles. The summed E-state index contributed by atoms with van der Waals surface area (Å²) in [6.45, 7) is 17.7. The SMILES string of the molecule is CCC1(C)CCN(C(CNC(C)C)C(C)C)CC1. The Morgan fingerprint density at radius 3 is 2.06 bits per heavy atom. The van der Waals surface area contributed by atoms with E-state index in [-0.39, 0.29) is 0 Å². The summed E-state index contributed by atoms with van der Waals surface area (Å²) in [7, 11) is 0. The molecule has 0 amide bonds. The minimum Gasteiger partial charge on any atom is -0.313 e. The van der Waals surface area contributed by atoms with Crippen molar-refractivity contribution >= 4 is 0 Å². The summed E-state index contributed by atoms with van der Waals surface area (Å²) in [6, 6.07) is 1.30. The molecule has 1 aliphatic rings. The summed E-state index contributed by atoms with van der Waals surface area (Å²) in [5.74, 6) is 0.738. The van der Waals surface area contributed by atoms with Crippen LogP contribution in [-0.4, -0.2) is 36.6 Å². The zero-order valence-electron chi connectivity index (χ0n) is 13.4. The van der Waals surface area contributed by atoms with Gasteiger partial charge in [0.25, 0.3) is 0 Å². The van der Waals surface area contributed by atoms with Gasteiger partial charge in [0.05, 0.1) is 0 Å². The second-order valence-electron chi connectivity index (χ2n) is 7.07. The molecule has 108 valence electrons. The highest BCUT2D eigenvalue weighted by molar-refractivity contribution is 4.86. The molecule has 1 heterocycles. The second-order valence-corrected chi connectivity index (χ2v) is 7.07. The summed E-state index contributed by atoms with van der Waals surface area (Å²) < 4.78 is 0. The van der Waals surface area contributed by atoms with Gasteiger partial charge < -0.3 is 5.32 Å². The molecule has 1 saturated heterocycles. The van der Waals surface area contributed by atoms with Gasteiger partial charge in [-0.25, -0.2) is 0 Å². The van der Waals surface area contributed by atoms with Crippen molar-refractivity contribution in [2.45, 2.75) is 72.9 Å². The third-order valence-electron chi connectivity index (χ3n) is 4.83. The van der Waals surface area contributed by atoms with Crippen LogP contribution in [0.1, 0.15) is 60.8 Å². The van der Waals surface area contributed by atoms with Gasteiger partial charge in [0.1, 0.15) is 0 Å². The summed E-state index contributed by atoms with van der Waals surface area (Å²) in [5.41, 5.74) is 0.601. The lowest BCUT2D eigenvalue weighted by Gasteiger charge is -2.44. The molecular formula is C16H34N2. The monoisotopic (exact) mass is 254 g/mol. The molecule has 2 nitrogen and oxygen atoms in total. The summed E-state index contributed by atoms with van der Waals surface area (Å²) in [6.07, 6.45) is 4.07. The van der Waals surface area contributed by atoms with Gasteiger partial charge in [0.2, 0.25) is 0 Å². The predicted molar refractivity (Wildman–Crippen MR) is 81.0 cm³/mol. The van der Waals surface area contributed by atoms with Gasteiger partial charge in [-0.2, -0.15) is 0 Å². The first-order chi connectivity index (χ1) is 8.38. The molecule has 1 aliphatic heterocycles. The first-order valence-electron chi connectivity index (χ1n) is 7.85. The van der Waals surface area contributed by atoms with Crippen LogP contribution in [0.4, 0.5) is 0 Å². The van der Waals surface area contributed by atoms with Crippen molar-refractivity contribution in [1.29, 1.82) is 0 Å². The van der Waals surface area contributed by atoms with Crippen LogP contribution in [0.25, 0.3) is 0 Å². The molecule has 2 heteroatoms. The fourth-order valence-corrected chi connectivity index (χ4v) is 2.89. The average molecular weight is 254 g/mol.